The Morgan fingerprint density at radius 1 is 0.810 bits per heavy atom. The minimum Gasteiger partial charge on any atom is -0.508 e. The lowest BCUT2D eigenvalue weighted by molar-refractivity contribution is -0.318. The average Bonchev–Trinajstić information content (AvgIpc) is 3.19. The number of benzene rings is 2. The molecule has 3 heterocycles. The quantitative estimate of drug-likeness (QED) is 0.162. The summed E-state index contributed by atoms with van der Waals surface area (Å²) >= 11 is 0. The minimum atomic E-state index is -2.40. The van der Waals surface area contributed by atoms with Gasteiger partial charge in [-0.05, 0) is 24.6 Å². The van der Waals surface area contributed by atoms with Crippen LogP contribution in [0.4, 0.5) is 0 Å². The molecule has 11 atom stereocenters. The first-order valence-corrected chi connectivity index (χ1v) is 13.1. The standard InChI is InChI=1S/C27H32O15/c1-10-18(30)20(32)22(34)25(39-10)38-9-16-19(31)21(33)23(35)26(41-16)40-14-6-13(29)7-15-17(14)24(36)27(37,42-15)8-11-2-4-12(28)5-3-11/h2-7,10,16,18-23,25-26,28-35,37H,8-9H2,1H3/t10-,16+,18-,19+,20+,21-,22+,23+,25+,26+,27-/m0/s1. The molecule has 2 aromatic rings. The number of aromatic hydroxyl groups is 2. The van der Waals surface area contributed by atoms with Crippen molar-refractivity contribution in [1.29, 1.82) is 0 Å². The summed E-state index contributed by atoms with van der Waals surface area (Å²) in [6, 6.07) is 7.75. The summed E-state index contributed by atoms with van der Waals surface area (Å²) < 4.78 is 27.6. The van der Waals surface area contributed by atoms with Crippen LogP contribution in [0.3, 0.4) is 0 Å². The molecular weight excluding hydrogens is 564 g/mol. The summed E-state index contributed by atoms with van der Waals surface area (Å²) in [7, 11) is 0. The molecule has 2 aromatic carbocycles. The Bertz CT molecular complexity index is 1290. The average molecular weight is 597 g/mol. The number of Topliss-reactive ketones (excluding diaryl/α,β-unsaturated/α-hetero) is 1. The molecule has 15 nitrogen and oxygen atoms in total. The Labute approximate surface area is 238 Å². The van der Waals surface area contributed by atoms with Gasteiger partial charge in [0.2, 0.25) is 12.1 Å². The Balaban J connectivity index is 1.32. The number of phenols is 2. The van der Waals surface area contributed by atoms with Crippen LogP contribution in [0.2, 0.25) is 0 Å². The third-order valence-corrected chi connectivity index (χ3v) is 7.44. The van der Waals surface area contributed by atoms with Gasteiger partial charge in [0.05, 0.1) is 12.7 Å². The maximum atomic E-state index is 13.3. The molecule has 230 valence electrons. The van der Waals surface area contributed by atoms with E-state index in [1.807, 2.05) is 0 Å². The first-order valence-electron chi connectivity index (χ1n) is 13.1. The van der Waals surface area contributed by atoms with E-state index in [-0.39, 0.29) is 29.2 Å². The number of carbonyl (C=O) groups excluding carboxylic acids is 1. The Morgan fingerprint density at radius 2 is 1.45 bits per heavy atom. The highest BCUT2D eigenvalue weighted by Gasteiger charge is 2.51. The van der Waals surface area contributed by atoms with Gasteiger partial charge in [-0.1, -0.05) is 12.1 Å². The van der Waals surface area contributed by atoms with Crippen LogP contribution < -0.4 is 9.47 Å². The highest BCUT2D eigenvalue weighted by molar-refractivity contribution is 6.09. The van der Waals surface area contributed by atoms with Gasteiger partial charge in [-0.25, -0.2) is 0 Å². The second kappa shape index (κ2) is 11.5. The van der Waals surface area contributed by atoms with E-state index in [2.05, 4.69) is 0 Å². The molecule has 2 fully saturated rings. The number of aliphatic hydroxyl groups excluding tert-OH is 6. The SMILES string of the molecule is C[C@@H]1O[C@@H](OC[C@H]2O[C@@H](Oc3cc(O)cc4c3C(=O)[C@](O)(Cc3ccc(O)cc3)O4)[C@H](O)[C@@H](O)[C@@H]2O)[C@H](O)[C@H](O)[C@H]1O. The number of phenolic OH excluding ortho intramolecular Hbond substituents is 2. The van der Waals surface area contributed by atoms with Crippen LogP contribution in [0.15, 0.2) is 36.4 Å². The zero-order valence-electron chi connectivity index (χ0n) is 22.1. The molecule has 0 saturated carbocycles. The van der Waals surface area contributed by atoms with Crippen molar-refractivity contribution in [1.82, 2.24) is 0 Å². The number of fused-ring (bicyclic) bond motifs is 1. The molecule has 5 rings (SSSR count). The van der Waals surface area contributed by atoms with Crippen LogP contribution in [0.1, 0.15) is 22.8 Å². The third-order valence-electron chi connectivity index (χ3n) is 7.44. The molecule has 0 spiro atoms. The van der Waals surface area contributed by atoms with Gasteiger partial charge >= 0.3 is 0 Å². The van der Waals surface area contributed by atoms with Crippen LogP contribution in [-0.2, 0) is 20.6 Å². The van der Waals surface area contributed by atoms with E-state index < -0.39 is 85.3 Å². The number of rotatable bonds is 7. The van der Waals surface area contributed by atoms with Crippen molar-refractivity contribution in [3.05, 3.63) is 47.5 Å². The highest BCUT2D eigenvalue weighted by atomic mass is 16.7. The number of hydrogen-bond donors (Lipinski definition) is 9. The summed E-state index contributed by atoms with van der Waals surface area (Å²) in [5.74, 6) is -4.41. The lowest BCUT2D eigenvalue weighted by atomic mass is 9.97. The summed E-state index contributed by atoms with van der Waals surface area (Å²) in [5, 5.41) is 92.3. The summed E-state index contributed by atoms with van der Waals surface area (Å²) in [4.78, 5) is 13.3. The molecule has 0 bridgehead atoms. The Hall–Kier alpha value is -3.09. The Kier molecular flexibility index (Phi) is 8.34. The third kappa shape index (κ3) is 5.63. The van der Waals surface area contributed by atoms with Crippen LogP contribution in [0.5, 0.6) is 23.0 Å². The smallest absolute Gasteiger partial charge is 0.277 e. The van der Waals surface area contributed by atoms with E-state index in [0.29, 0.717) is 5.56 Å². The molecule has 9 N–H and O–H groups in total. The topological polar surface area (TPSA) is 245 Å². The predicted octanol–water partition coefficient (Wildman–Crippen LogP) is -2.37. The molecule has 0 radical (unpaired) electrons. The van der Waals surface area contributed by atoms with Crippen LogP contribution in [0, 0.1) is 0 Å². The van der Waals surface area contributed by atoms with Crippen molar-refractivity contribution < 1.29 is 74.4 Å². The number of ether oxygens (including phenoxy) is 5. The number of carbonyl (C=O) groups is 1. The van der Waals surface area contributed by atoms with Gasteiger partial charge in [0.15, 0.2) is 6.29 Å². The van der Waals surface area contributed by atoms with Gasteiger partial charge in [0, 0.05) is 18.6 Å². The molecule has 3 aliphatic heterocycles. The van der Waals surface area contributed by atoms with Crippen molar-refractivity contribution in [2.75, 3.05) is 6.61 Å². The maximum Gasteiger partial charge on any atom is 0.277 e. The van der Waals surface area contributed by atoms with Crippen molar-refractivity contribution >= 4 is 5.78 Å². The van der Waals surface area contributed by atoms with Crippen molar-refractivity contribution in [3.8, 4) is 23.0 Å². The molecule has 0 aromatic heterocycles. The van der Waals surface area contributed by atoms with Gasteiger partial charge in [0.1, 0.15) is 71.3 Å². The largest absolute Gasteiger partial charge is 0.508 e. The second-order valence-corrected chi connectivity index (χ2v) is 10.5. The van der Waals surface area contributed by atoms with E-state index in [4.69, 9.17) is 23.7 Å². The van der Waals surface area contributed by atoms with Crippen LogP contribution in [-0.4, -0.2) is 126 Å². The predicted molar refractivity (Wildman–Crippen MR) is 135 cm³/mol. The molecule has 15 heteroatoms. The fourth-order valence-corrected chi connectivity index (χ4v) is 5.02. The van der Waals surface area contributed by atoms with Gasteiger partial charge < -0.3 is 69.6 Å². The van der Waals surface area contributed by atoms with E-state index in [9.17, 15) is 50.8 Å². The second-order valence-electron chi connectivity index (χ2n) is 10.5. The van der Waals surface area contributed by atoms with Gasteiger partial charge in [-0.3, -0.25) is 4.79 Å². The molecule has 0 amide bonds. The van der Waals surface area contributed by atoms with Gasteiger partial charge in [-0.15, -0.1) is 0 Å². The van der Waals surface area contributed by atoms with Gasteiger partial charge in [-0.2, -0.15) is 0 Å². The summed E-state index contributed by atoms with van der Waals surface area (Å²) in [5.41, 5.74) is 0.149. The van der Waals surface area contributed by atoms with E-state index >= 15 is 0 Å². The highest BCUT2D eigenvalue weighted by Crippen LogP contribution is 2.44. The lowest BCUT2D eigenvalue weighted by Crippen LogP contribution is -2.61. The first kappa shape index (κ1) is 30.4. The summed E-state index contributed by atoms with van der Waals surface area (Å²) in [6.07, 6.45) is -15.8. The molecule has 0 aliphatic carbocycles. The zero-order valence-corrected chi connectivity index (χ0v) is 22.1. The number of hydrogen-bond acceptors (Lipinski definition) is 15. The number of ketones is 1. The van der Waals surface area contributed by atoms with Crippen LogP contribution >= 0.6 is 0 Å². The van der Waals surface area contributed by atoms with E-state index in [1.54, 1.807) is 0 Å². The zero-order chi connectivity index (χ0) is 30.5. The fourth-order valence-electron chi connectivity index (χ4n) is 5.02. The van der Waals surface area contributed by atoms with Crippen molar-refractivity contribution in [2.24, 2.45) is 0 Å². The first-order chi connectivity index (χ1) is 19.8. The van der Waals surface area contributed by atoms with Crippen molar-refractivity contribution in [2.45, 2.75) is 80.5 Å². The van der Waals surface area contributed by atoms with Crippen LogP contribution in [0.25, 0.3) is 0 Å². The molecule has 3 aliphatic rings. The van der Waals surface area contributed by atoms with Gasteiger partial charge in [0.25, 0.3) is 5.79 Å². The molecule has 42 heavy (non-hydrogen) atoms. The maximum absolute atomic E-state index is 13.3. The Morgan fingerprint density at radius 3 is 2.14 bits per heavy atom. The minimum absolute atomic E-state index is 0.0243. The molecule has 0 unspecified atom stereocenters. The van der Waals surface area contributed by atoms with E-state index in [0.717, 1.165) is 12.1 Å². The molecule has 2 saturated heterocycles. The number of aliphatic hydroxyl groups is 7. The lowest BCUT2D eigenvalue weighted by Gasteiger charge is -2.42. The fraction of sp³-hybridized carbons (Fsp3) is 0.519. The molecular formula is C27H32O15. The van der Waals surface area contributed by atoms with E-state index in [1.165, 1.54) is 31.2 Å². The normalized spacial score (nSPS) is 38.1. The van der Waals surface area contributed by atoms with Crippen molar-refractivity contribution in [3.63, 3.8) is 0 Å². The summed E-state index contributed by atoms with van der Waals surface area (Å²) in [6.45, 7) is 0.894. The monoisotopic (exact) mass is 596 g/mol.